The van der Waals surface area contributed by atoms with Crippen LogP contribution in [0.15, 0.2) is 29.1 Å². The number of aromatic nitrogens is 2. The van der Waals surface area contributed by atoms with Gasteiger partial charge in [0, 0.05) is 12.0 Å². The van der Waals surface area contributed by atoms with Gasteiger partial charge < -0.3 is 0 Å². The van der Waals surface area contributed by atoms with E-state index in [2.05, 4.69) is 42.2 Å². The Morgan fingerprint density at radius 2 is 1.88 bits per heavy atom. The molecule has 0 amide bonds. The van der Waals surface area contributed by atoms with E-state index < -0.39 is 0 Å². The number of nitrogens with zero attached hydrogens (tertiary/aromatic N) is 1. The monoisotopic (exact) mass is 228 g/mol. The standard InChI is InChI=1S/C14H16N2O/c1-9-4-5-10(2)12(6-9)8-13-7-11(3)15-16-14(13)17/h4-7H,8H2,1-3H3,(H,16,17). The minimum atomic E-state index is -0.100. The summed E-state index contributed by atoms with van der Waals surface area (Å²) < 4.78 is 0. The van der Waals surface area contributed by atoms with Crippen LogP contribution < -0.4 is 5.56 Å². The molecule has 0 aliphatic rings. The Balaban J connectivity index is 2.41. The highest BCUT2D eigenvalue weighted by Gasteiger charge is 2.05. The first-order valence-electron chi connectivity index (χ1n) is 5.67. The molecular weight excluding hydrogens is 212 g/mol. The first-order chi connectivity index (χ1) is 8.06. The summed E-state index contributed by atoms with van der Waals surface area (Å²) >= 11 is 0. The smallest absolute Gasteiger partial charge is 0.267 e. The molecule has 0 unspecified atom stereocenters. The number of benzene rings is 1. The largest absolute Gasteiger partial charge is 0.268 e. The number of rotatable bonds is 2. The maximum absolute atomic E-state index is 11.7. The van der Waals surface area contributed by atoms with Crippen LogP contribution in [0.4, 0.5) is 0 Å². The second-order valence-electron chi connectivity index (χ2n) is 4.47. The van der Waals surface area contributed by atoms with E-state index in [4.69, 9.17) is 0 Å². The van der Waals surface area contributed by atoms with Crippen molar-refractivity contribution in [3.8, 4) is 0 Å². The third kappa shape index (κ3) is 2.61. The Morgan fingerprint density at radius 1 is 1.12 bits per heavy atom. The molecule has 0 radical (unpaired) electrons. The van der Waals surface area contributed by atoms with E-state index in [0.29, 0.717) is 6.42 Å². The Morgan fingerprint density at radius 3 is 2.65 bits per heavy atom. The van der Waals surface area contributed by atoms with E-state index in [-0.39, 0.29) is 5.56 Å². The van der Waals surface area contributed by atoms with Crippen molar-refractivity contribution in [2.24, 2.45) is 0 Å². The lowest BCUT2D eigenvalue weighted by atomic mass is 9.99. The summed E-state index contributed by atoms with van der Waals surface area (Å²) in [4.78, 5) is 11.7. The third-order valence-corrected chi connectivity index (χ3v) is 2.89. The zero-order valence-electron chi connectivity index (χ0n) is 10.4. The summed E-state index contributed by atoms with van der Waals surface area (Å²) in [6, 6.07) is 8.15. The molecular formula is C14H16N2O. The highest BCUT2D eigenvalue weighted by atomic mass is 16.1. The Labute approximate surface area is 101 Å². The quantitative estimate of drug-likeness (QED) is 0.857. The van der Waals surface area contributed by atoms with Gasteiger partial charge in [0.15, 0.2) is 0 Å². The van der Waals surface area contributed by atoms with Crippen molar-refractivity contribution < 1.29 is 0 Å². The van der Waals surface area contributed by atoms with Crippen LogP contribution in [0, 0.1) is 20.8 Å². The van der Waals surface area contributed by atoms with Gasteiger partial charge in [0.25, 0.3) is 5.56 Å². The normalized spacial score (nSPS) is 10.5. The van der Waals surface area contributed by atoms with Crippen LogP contribution >= 0.6 is 0 Å². The van der Waals surface area contributed by atoms with Crippen LogP contribution in [-0.2, 0) is 6.42 Å². The average molecular weight is 228 g/mol. The van der Waals surface area contributed by atoms with Crippen LogP contribution in [0.25, 0.3) is 0 Å². The van der Waals surface area contributed by atoms with Crippen LogP contribution in [0.1, 0.15) is 27.9 Å². The van der Waals surface area contributed by atoms with Crippen molar-refractivity contribution >= 4 is 0 Å². The van der Waals surface area contributed by atoms with Gasteiger partial charge in [-0.15, -0.1) is 0 Å². The van der Waals surface area contributed by atoms with E-state index in [0.717, 1.165) is 11.3 Å². The summed E-state index contributed by atoms with van der Waals surface area (Å²) in [6.45, 7) is 6.00. The van der Waals surface area contributed by atoms with E-state index in [1.54, 1.807) is 0 Å². The number of aromatic amines is 1. The highest BCUT2D eigenvalue weighted by Crippen LogP contribution is 2.14. The van der Waals surface area contributed by atoms with Gasteiger partial charge in [-0.2, -0.15) is 5.10 Å². The number of hydrogen-bond donors (Lipinski definition) is 1. The van der Waals surface area contributed by atoms with Gasteiger partial charge in [-0.1, -0.05) is 23.8 Å². The molecule has 0 fully saturated rings. The van der Waals surface area contributed by atoms with E-state index in [1.165, 1.54) is 16.7 Å². The second-order valence-corrected chi connectivity index (χ2v) is 4.47. The maximum Gasteiger partial charge on any atom is 0.267 e. The molecule has 0 bridgehead atoms. The minimum absolute atomic E-state index is 0.100. The van der Waals surface area contributed by atoms with Gasteiger partial charge >= 0.3 is 0 Å². The summed E-state index contributed by atoms with van der Waals surface area (Å²) in [5, 5.41) is 6.40. The molecule has 3 nitrogen and oxygen atoms in total. The fourth-order valence-corrected chi connectivity index (χ4v) is 1.89. The molecule has 1 heterocycles. The molecule has 0 aliphatic heterocycles. The molecule has 2 aromatic rings. The van der Waals surface area contributed by atoms with Crippen molar-refractivity contribution in [2.45, 2.75) is 27.2 Å². The lowest BCUT2D eigenvalue weighted by Gasteiger charge is -2.07. The molecule has 0 atom stereocenters. The molecule has 0 aliphatic carbocycles. The molecule has 17 heavy (non-hydrogen) atoms. The number of nitrogens with one attached hydrogen (secondary N) is 1. The predicted octanol–water partition coefficient (Wildman–Crippen LogP) is 2.29. The Bertz CT molecular complexity index is 599. The van der Waals surface area contributed by atoms with Crippen LogP contribution in [-0.4, -0.2) is 10.2 Å². The molecule has 3 heteroatoms. The van der Waals surface area contributed by atoms with Crippen molar-refractivity contribution in [1.82, 2.24) is 10.2 Å². The summed E-state index contributed by atoms with van der Waals surface area (Å²) in [5.74, 6) is 0. The van der Waals surface area contributed by atoms with Gasteiger partial charge in [-0.3, -0.25) is 4.79 Å². The molecule has 0 spiro atoms. The molecule has 1 aromatic carbocycles. The van der Waals surface area contributed by atoms with Crippen molar-refractivity contribution in [3.63, 3.8) is 0 Å². The van der Waals surface area contributed by atoms with Crippen LogP contribution in [0.2, 0.25) is 0 Å². The predicted molar refractivity (Wildman–Crippen MR) is 68.3 cm³/mol. The maximum atomic E-state index is 11.7. The molecule has 2 rings (SSSR count). The molecule has 1 N–H and O–H groups in total. The fraction of sp³-hybridized carbons (Fsp3) is 0.286. The Kier molecular flexibility index (Phi) is 3.09. The highest BCUT2D eigenvalue weighted by molar-refractivity contribution is 5.34. The van der Waals surface area contributed by atoms with Crippen molar-refractivity contribution in [2.75, 3.05) is 0 Å². The second kappa shape index (κ2) is 4.53. The third-order valence-electron chi connectivity index (χ3n) is 2.89. The Hall–Kier alpha value is -1.90. The van der Waals surface area contributed by atoms with E-state index in [9.17, 15) is 4.79 Å². The summed E-state index contributed by atoms with van der Waals surface area (Å²) in [6.07, 6.45) is 0.659. The van der Waals surface area contributed by atoms with Crippen LogP contribution in [0.3, 0.4) is 0 Å². The topological polar surface area (TPSA) is 45.8 Å². The fourth-order valence-electron chi connectivity index (χ4n) is 1.89. The molecule has 0 saturated heterocycles. The van der Waals surface area contributed by atoms with E-state index in [1.807, 2.05) is 13.0 Å². The lowest BCUT2D eigenvalue weighted by Crippen LogP contribution is -2.15. The zero-order valence-corrected chi connectivity index (χ0v) is 10.4. The van der Waals surface area contributed by atoms with Crippen LogP contribution in [0.5, 0.6) is 0 Å². The zero-order chi connectivity index (χ0) is 12.4. The number of aryl methyl sites for hydroxylation is 3. The molecule has 88 valence electrons. The number of H-pyrrole nitrogens is 1. The number of hydrogen-bond acceptors (Lipinski definition) is 2. The average Bonchev–Trinajstić information content (AvgIpc) is 2.28. The summed E-state index contributed by atoms with van der Waals surface area (Å²) in [5.41, 5.74) is 5.13. The minimum Gasteiger partial charge on any atom is -0.268 e. The van der Waals surface area contributed by atoms with Crippen molar-refractivity contribution in [1.29, 1.82) is 0 Å². The SMILES string of the molecule is Cc1ccc(C)c(Cc2cc(C)n[nH]c2=O)c1. The first-order valence-corrected chi connectivity index (χ1v) is 5.67. The van der Waals surface area contributed by atoms with Gasteiger partial charge in [0.05, 0.1) is 5.69 Å². The van der Waals surface area contributed by atoms with Gasteiger partial charge in [0.1, 0.15) is 0 Å². The van der Waals surface area contributed by atoms with Crippen molar-refractivity contribution in [3.05, 3.63) is 62.6 Å². The van der Waals surface area contributed by atoms with E-state index >= 15 is 0 Å². The van der Waals surface area contributed by atoms with Gasteiger partial charge in [0.2, 0.25) is 0 Å². The van der Waals surface area contributed by atoms with Gasteiger partial charge in [-0.05, 0) is 38.0 Å². The summed E-state index contributed by atoms with van der Waals surface area (Å²) in [7, 11) is 0. The molecule has 1 aromatic heterocycles. The molecule has 0 saturated carbocycles. The first kappa shape index (κ1) is 11.6. The van der Waals surface area contributed by atoms with Gasteiger partial charge in [-0.25, -0.2) is 5.10 Å². The lowest BCUT2D eigenvalue weighted by molar-refractivity contribution is 0.911.